The molecule has 1 aliphatic heterocycles. The van der Waals surface area contributed by atoms with Gasteiger partial charge in [0.05, 0.1) is 18.4 Å². The van der Waals surface area contributed by atoms with Crippen LogP contribution in [0, 0.1) is 13.8 Å². The van der Waals surface area contributed by atoms with E-state index >= 15 is 0 Å². The summed E-state index contributed by atoms with van der Waals surface area (Å²) in [4.78, 5) is 6.98. The normalized spacial score (nSPS) is 19.7. The van der Waals surface area contributed by atoms with Crippen molar-refractivity contribution in [3.8, 4) is 0 Å². The molecule has 2 aromatic heterocycles. The van der Waals surface area contributed by atoms with Crippen molar-refractivity contribution in [2.24, 2.45) is 7.05 Å². The van der Waals surface area contributed by atoms with Crippen LogP contribution in [-0.2, 0) is 19.0 Å². The first-order valence-corrected chi connectivity index (χ1v) is 8.46. The summed E-state index contributed by atoms with van der Waals surface area (Å²) in [6, 6.07) is 0.425. The Kier molecular flexibility index (Phi) is 4.08. The molecule has 5 heteroatoms. The van der Waals surface area contributed by atoms with E-state index in [1.54, 1.807) is 0 Å². The number of aromatic nitrogens is 3. The fourth-order valence-corrected chi connectivity index (χ4v) is 3.52. The fourth-order valence-electron chi connectivity index (χ4n) is 3.52. The van der Waals surface area contributed by atoms with Crippen molar-refractivity contribution in [3.63, 3.8) is 0 Å². The highest BCUT2D eigenvalue weighted by Crippen LogP contribution is 2.36. The Morgan fingerprint density at radius 3 is 2.61 bits per heavy atom. The molecule has 0 spiro atoms. The largest absolute Gasteiger partial charge is 0.444 e. The van der Waals surface area contributed by atoms with Crippen LogP contribution in [0.25, 0.3) is 0 Å². The quantitative estimate of drug-likeness (QED) is 0.867. The van der Waals surface area contributed by atoms with Crippen LogP contribution in [0.1, 0.15) is 68.3 Å². The summed E-state index contributed by atoms with van der Waals surface area (Å²) in [5.74, 6) is 1.78. The van der Waals surface area contributed by atoms with Crippen molar-refractivity contribution in [2.75, 3.05) is 6.54 Å². The number of rotatable bonds is 3. The van der Waals surface area contributed by atoms with Crippen molar-refractivity contribution in [1.29, 1.82) is 0 Å². The number of nitrogens with zero attached hydrogens (tertiary/aromatic N) is 4. The van der Waals surface area contributed by atoms with E-state index in [4.69, 9.17) is 4.42 Å². The van der Waals surface area contributed by atoms with Crippen LogP contribution in [0.15, 0.2) is 10.6 Å². The van der Waals surface area contributed by atoms with Crippen LogP contribution in [0.4, 0.5) is 0 Å². The Labute approximate surface area is 138 Å². The molecule has 0 saturated carbocycles. The standard InChI is InChI=1S/C18H28N4O/c1-12-17(13(2)21(6)20-12)14-8-7-9-22(14)11-16-19-10-15(23-16)18(3,4)5/h10,14H,7-9,11H2,1-6H3/t14-/m0/s1. The third kappa shape index (κ3) is 3.07. The van der Waals surface area contributed by atoms with E-state index in [0.29, 0.717) is 6.04 Å². The van der Waals surface area contributed by atoms with Gasteiger partial charge < -0.3 is 4.42 Å². The Hall–Kier alpha value is -1.62. The zero-order valence-electron chi connectivity index (χ0n) is 15.2. The summed E-state index contributed by atoms with van der Waals surface area (Å²) in [6.07, 6.45) is 4.27. The molecule has 0 radical (unpaired) electrons. The van der Waals surface area contributed by atoms with Crippen molar-refractivity contribution >= 4 is 0 Å². The minimum atomic E-state index is 0.00614. The summed E-state index contributed by atoms with van der Waals surface area (Å²) in [6.45, 7) is 12.6. The average molecular weight is 316 g/mol. The summed E-state index contributed by atoms with van der Waals surface area (Å²) >= 11 is 0. The van der Waals surface area contributed by atoms with Gasteiger partial charge in [-0.2, -0.15) is 5.10 Å². The Morgan fingerprint density at radius 2 is 2.04 bits per heavy atom. The zero-order valence-corrected chi connectivity index (χ0v) is 15.2. The number of likely N-dealkylation sites (tertiary alicyclic amines) is 1. The highest BCUT2D eigenvalue weighted by molar-refractivity contribution is 5.29. The van der Waals surface area contributed by atoms with Gasteiger partial charge in [-0.25, -0.2) is 4.98 Å². The van der Waals surface area contributed by atoms with Gasteiger partial charge in [-0.05, 0) is 33.2 Å². The SMILES string of the molecule is Cc1nn(C)c(C)c1[C@@H]1CCCN1Cc1ncc(C(C)(C)C)o1. The first-order valence-electron chi connectivity index (χ1n) is 8.46. The molecule has 0 amide bonds. The van der Waals surface area contributed by atoms with E-state index in [1.165, 1.54) is 24.1 Å². The van der Waals surface area contributed by atoms with E-state index in [9.17, 15) is 0 Å². The first-order chi connectivity index (χ1) is 10.8. The van der Waals surface area contributed by atoms with Crippen molar-refractivity contribution in [1.82, 2.24) is 19.7 Å². The van der Waals surface area contributed by atoms with E-state index < -0.39 is 0 Å². The summed E-state index contributed by atoms with van der Waals surface area (Å²) in [5.41, 5.74) is 3.80. The first kappa shape index (κ1) is 16.2. The predicted molar refractivity (Wildman–Crippen MR) is 90.3 cm³/mol. The van der Waals surface area contributed by atoms with Gasteiger partial charge >= 0.3 is 0 Å². The maximum atomic E-state index is 5.99. The van der Waals surface area contributed by atoms with Gasteiger partial charge in [0.2, 0.25) is 5.89 Å². The third-order valence-corrected chi connectivity index (χ3v) is 4.89. The Balaban J connectivity index is 1.81. The molecule has 3 heterocycles. The van der Waals surface area contributed by atoms with Crippen LogP contribution in [0.3, 0.4) is 0 Å². The molecule has 3 rings (SSSR count). The third-order valence-electron chi connectivity index (χ3n) is 4.89. The van der Waals surface area contributed by atoms with Gasteiger partial charge in [0.15, 0.2) is 0 Å². The summed E-state index contributed by atoms with van der Waals surface area (Å²) < 4.78 is 7.98. The van der Waals surface area contributed by atoms with Gasteiger partial charge in [0.1, 0.15) is 5.76 Å². The molecule has 126 valence electrons. The smallest absolute Gasteiger partial charge is 0.208 e. The molecular weight excluding hydrogens is 288 g/mol. The molecule has 0 aromatic carbocycles. The highest BCUT2D eigenvalue weighted by atomic mass is 16.4. The molecule has 1 fully saturated rings. The van der Waals surface area contributed by atoms with E-state index in [0.717, 1.165) is 30.4 Å². The van der Waals surface area contributed by atoms with Crippen LogP contribution in [0.2, 0.25) is 0 Å². The van der Waals surface area contributed by atoms with Gasteiger partial charge in [-0.15, -0.1) is 0 Å². The van der Waals surface area contributed by atoms with E-state index in [2.05, 4.69) is 49.6 Å². The maximum Gasteiger partial charge on any atom is 0.208 e. The summed E-state index contributed by atoms with van der Waals surface area (Å²) in [7, 11) is 2.02. The fraction of sp³-hybridized carbons (Fsp3) is 0.667. The number of oxazole rings is 1. The van der Waals surface area contributed by atoms with E-state index in [-0.39, 0.29) is 5.41 Å². The highest BCUT2D eigenvalue weighted by Gasteiger charge is 2.31. The van der Waals surface area contributed by atoms with Gasteiger partial charge in [0.25, 0.3) is 0 Å². The molecule has 0 N–H and O–H groups in total. The van der Waals surface area contributed by atoms with Crippen LogP contribution >= 0.6 is 0 Å². The monoisotopic (exact) mass is 316 g/mol. The lowest BCUT2D eigenvalue weighted by Gasteiger charge is -2.23. The second-order valence-electron chi connectivity index (χ2n) is 7.70. The van der Waals surface area contributed by atoms with Gasteiger partial charge in [-0.3, -0.25) is 9.58 Å². The molecule has 0 aliphatic carbocycles. The van der Waals surface area contributed by atoms with Crippen LogP contribution < -0.4 is 0 Å². The summed E-state index contributed by atoms with van der Waals surface area (Å²) in [5, 5.41) is 4.58. The average Bonchev–Trinajstić information content (AvgIpc) is 3.13. The minimum Gasteiger partial charge on any atom is -0.444 e. The lowest BCUT2D eigenvalue weighted by atomic mass is 9.94. The number of hydrogen-bond donors (Lipinski definition) is 0. The molecule has 0 bridgehead atoms. The topological polar surface area (TPSA) is 47.1 Å². The lowest BCUT2D eigenvalue weighted by molar-refractivity contribution is 0.217. The van der Waals surface area contributed by atoms with Crippen molar-refractivity contribution < 1.29 is 4.42 Å². The van der Waals surface area contributed by atoms with Crippen molar-refractivity contribution in [2.45, 2.75) is 65.5 Å². The predicted octanol–water partition coefficient (Wildman–Crippen LogP) is 3.66. The van der Waals surface area contributed by atoms with E-state index in [1.807, 2.05) is 17.9 Å². The van der Waals surface area contributed by atoms with Crippen molar-refractivity contribution in [3.05, 3.63) is 34.8 Å². The molecule has 23 heavy (non-hydrogen) atoms. The molecule has 1 atom stereocenters. The number of hydrogen-bond acceptors (Lipinski definition) is 4. The second-order valence-corrected chi connectivity index (χ2v) is 7.70. The zero-order chi connectivity index (χ0) is 16.8. The minimum absolute atomic E-state index is 0.00614. The molecule has 2 aromatic rings. The molecule has 1 aliphatic rings. The Morgan fingerprint density at radius 1 is 1.30 bits per heavy atom. The van der Waals surface area contributed by atoms with Crippen LogP contribution in [-0.4, -0.2) is 26.2 Å². The molecule has 1 saturated heterocycles. The molecular formula is C18H28N4O. The molecule has 5 nitrogen and oxygen atoms in total. The Bertz CT molecular complexity index is 692. The second kappa shape index (κ2) is 5.78. The van der Waals surface area contributed by atoms with Gasteiger partial charge in [-0.1, -0.05) is 20.8 Å². The van der Waals surface area contributed by atoms with Gasteiger partial charge in [0, 0.05) is 29.8 Å². The molecule has 0 unspecified atom stereocenters. The maximum absolute atomic E-state index is 5.99. The number of aryl methyl sites for hydroxylation is 2. The lowest BCUT2D eigenvalue weighted by Crippen LogP contribution is -2.23. The van der Waals surface area contributed by atoms with Crippen LogP contribution in [0.5, 0.6) is 0 Å².